The highest BCUT2D eigenvalue weighted by Crippen LogP contribution is 2.18. The zero-order chi connectivity index (χ0) is 15.3. The van der Waals surface area contributed by atoms with Gasteiger partial charge in [0.2, 0.25) is 0 Å². The molecule has 1 unspecified atom stereocenters. The molecular formula is C15H23N5O. The maximum absolute atomic E-state index is 10.3. The van der Waals surface area contributed by atoms with Gasteiger partial charge in [0.25, 0.3) is 0 Å². The number of aliphatic hydroxyl groups is 1. The van der Waals surface area contributed by atoms with Crippen LogP contribution in [0.5, 0.6) is 0 Å². The summed E-state index contributed by atoms with van der Waals surface area (Å²) in [5.41, 5.74) is 1.94. The molecule has 0 fully saturated rings. The van der Waals surface area contributed by atoms with Crippen molar-refractivity contribution in [2.45, 2.75) is 19.1 Å². The Labute approximate surface area is 125 Å². The summed E-state index contributed by atoms with van der Waals surface area (Å²) >= 11 is 0. The van der Waals surface area contributed by atoms with Crippen molar-refractivity contribution in [3.05, 3.63) is 36.0 Å². The van der Waals surface area contributed by atoms with Gasteiger partial charge < -0.3 is 15.3 Å². The van der Waals surface area contributed by atoms with Crippen LogP contribution in [0.25, 0.3) is 11.3 Å². The molecule has 0 aliphatic heterocycles. The fourth-order valence-corrected chi connectivity index (χ4v) is 2.39. The van der Waals surface area contributed by atoms with E-state index in [9.17, 15) is 5.11 Å². The van der Waals surface area contributed by atoms with E-state index in [0.29, 0.717) is 19.6 Å². The maximum atomic E-state index is 10.3. The second-order valence-corrected chi connectivity index (χ2v) is 5.82. The number of nitrogens with one attached hydrogen (secondary N) is 2. The molecule has 1 atom stereocenters. The molecule has 6 heteroatoms. The quantitative estimate of drug-likeness (QED) is 0.705. The van der Waals surface area contributed by atoms with Crippen LogP contribution < -0.4 is 5.32 Å². The molecule has 1 heterocycles. The maximum Gasteiger partial charge on any atom is 0.117 e. The Morgan fingerprint density at radius 2 is 1.95 bits per heavy atom. The molecule has 6 nitrogen and oxygen atoms in total. The van der Waals surface area contributed by atoms with Gasteiger partial charge in [-0.3, -0.25) is 0 Å². The number of aromatic nitrogens is 3. The minimum Gasteiger partial charge on any atom is -0.388 e. The summed E-state index contributed by atoms with van der Waals surface area (Å²) in [6.07, 6.45) is 0. The van der Waals surface area contributed by atoms with Crippen molar-refractivity contribution in [1.82, 2.24) is 25.6 Å². The van der Waals surface area contributed by atoms with Gasteiger partial charge in [-0.25, -0.2) is 0 Å². The van der Waals surface area contributed by atoms with Crippen LogP contribution in [0.2, 0.25) is 0 Å². The van der Waals surface area contributed by atoms with E-state index in [1.807, 2.05) is 56.3 Å². The number of hydrogen-bond acceptors (Lipinski definition) is 5. The Morgan fingerprint density at radius 3 is 2.62 bits per heavy atom. The first kappa shape index (κ1) is 15.6. The number of H-pyrrole nitrogens is 1. The SMILES string of the molecule is CN(C)CC(C)(O)CNCc1n[nH]nc1-c1ccccc1. The first-order valence-electron chi connectivity index (χ1n) is 7.01. The highest BCUT2D eigenvalue weighted by atomic mass is 16.3. The Hall–Kier alpha value is -1.76. The Bertz CT molecular complexity index is 550. The molecule has 0 spiro atoms. The molecule has 0 aliphatic carbocycles. The summed E-state index contributed by atoms with van der Waals surface area (Å²) < 4.78 is 0. The highest BCUT2D eigenvalue weighted by Gasteiger charge is 2.21. The predicted octanol–water partition coefficient (Wildman–Crippen LogP) is 0.874. The van der Waals surface area contributed by atoms with Gasteiger partial charge >= 0.3 is 0 Å². The van der Waals surface area contributed by atoms with Crippen LogP contribution in [0.3, 0.4) is 0 Å². The van der Waals surface area contributed by atoms with E-state index in [1.54, 1.807) is 0 Å². The molecule has 2 rings (SSSR count). The van der Waals surface area contributed by atoms with Gasteiger partial charge in [0.15, 0.2) is 0 Å². The second kappa shape index (κ2) is 6.80. The lowest BCUT2D eigenvalue weighted by molar-refractivity contribution is 0.0335. The highest BCUT2D eigenvalue weighted by molar-refractivity contribution is 5.60. The van der Waals surface area contributed by atoms with Crippen LogP contribution in [0.1, 0.15) is 12.6 Å². The van der Waals surface area contributed by atoms with E-state index in [4.69, 9.17) is 0 Å². The third-order valence-electron chi connectivity index (χ3n) is 3.12. The van der Waals surface area contributed by atoms with Crippen LogP contribution in [0.4, 0.5) is 0 Å². The normalized spacial score (nSPS) is 14.3. The van der Waals surface area contributed by atoms with Crippen molar-refractivity contribution in [2.75, 3.05) is 27.2 Å². The van der Waals surface area contributed by atoms with Crippen molar-refractivity contribution < 1.29 is 5.11 Å². The molecule has 1 aromatic heterocycles. The molecule has 0 amide bonds. The van der Waals surface area contributed by atoms with E-state index in [-0.39, 0.29) is 0 Å². The molecule has 2 aromatic rings. The Balaban J connectivity index is 1.95. The minimum absolute atomic E-state index is 0.492. The predicted molar refractivity (Wildman–Crippen MR) is 82.7 cm³/mol. The van der Waals surface area contributed by atoms with Gasteiger partial charge in [0.1, 0.15) is 11.4 Å². The van der Waals surface area contributed by atoms with Gasteiger partial charge in [0, 0.05) is 25.2 Å². The minimum atomic E-state index is -0.778. The largest absolute Gasteiger partial charge is 0.388 e. The lowest BCUT2D eigenvalue weighted by Gasteiger charge is -2.27. The van der Waals surface area contributed by atoms with Crippen LogP contribution in [0.15, 0.2) is 30.3 Å². The Kier molecular flexibility index (Phi) is 5.06. The average Bonchev–Trinajstić information content (AvgIpc) is 2.86. The van der Waals surface area contributed by atoms with Gasteiger partial charge in [-0.15, -0.1) is 0 Å². The third-order valence-corrected chi connectivity index (χ3v) is 3.12. The zero-order valence-corrected chi connectivity index (χ0v) is 12.8. The van der Waals surface area contributed by atoms with Crippen LogP contribution in [-0.2, 0) is 6.54 Å². The molecule has 0 aliphatic rings. The molecule has 0 saturated carbocycles. The molecular weight excluding hydrogens is 266 g/mol. The number of likely N-dealkylation sites (N-methyl/N-ethyl adjacent to an activating group) is 1. The van der Waals surface area contributed by atoms with Crippen molar-refractivity contribution in [2.24, 2.45) is 0 Å². The van der Waals surface area contributed by atoms with Crippen LogP contribution in [0, 0.1) is 0 Å². The smallest absolute Gasteiger partial charge is 0.117 e. The van der Waals surface area contributed by atoms with Crippen molar-refractivity contribution >= 4 is 0 Å². The number of nitrogens with zero attached hydrogens (tertiary/aromatic N) is 3. The average molecular weight is 289 g/mol. The molecule has 21 heavy (non-hydrogen) atoms. The standard InChI is InChI=1S/C15H23N5O/c1-15(21,11-20(2)3)10-16-9-13-14(18-19-17-13)12-7-5-4-6-8-12/h4-8,16,21H,9-11H2,1-3H3,(H,17,18,19). The summed E-state index contributed by atoms with van der Waals surface area (Å²) in [5, 5.41) is 24.5. The lowest BCUT2D eigenvalue weighted by Crippen LogP contribution is -2.45. The van der Waals surface area contributed by atoms with Gasteiger partial charge in [0.05, 0.1) is 5.60 Å². The third kappa shape index (κ3) is 4.63. The van der Waals surface area contributed by atoms with Crippen molar-refractivity contribution in [3.8, 4) is 11.3 Å². The first-order chi connectivity index (χ1) is 9.98. The fourth-order valence-electron chi connectivity index (χ4n) is 2.39. The van der Waals surface area contributed by atoms with E-state index >= 15 is 0 Å². The van der Waals surface area contributed by atoms with E-state index in [0.717, 1.165) is 17.0 Å². The molecule has 0 radical (unpaired) electrons. The summed E-state index contributed by atoms with van der Waals surface area (Å²) in [5.74, 6) is 0. The molecule has 0 bridgehead atoms. The van der Waals surface area contributed by atoms with Crippen molar-refractivity contribution in [1.29, 1.82) is 0 Å². The molecule has 0 saturated heterocycles. The number of benzene rings is 1. The second-order valence-electron chi connectivity index (χ2n) is 5.82. The number of hydrogen-bond donors (Lipinski definition) is 3. The molecule has 3 N–H and O–H groups in total. The topological polar surface area (TPSA) is 77.1 Å². The summed E-state index contributed by atoms with van der Waals surface area (Å²) in [6, 6.07) is 9.93. The van der Waals surface area contributed by atoms with E-state index in [1.165, 1.54) is 0 Å². The summed E-state index contributed by atoms with van der Waals surface area (Å²) in [6.45, 7) is 3.47. The zero-order valence-electron chi connectivity index (χ0n) is 12.8. The van der Waals surface area contributed by atoms with Crippen LogP contribution in [-0.4, -0.2) is 58.2 Å². The van der Waals surface area contributed by atoms with Gasteiger partial charge in [-0.1, -0.05) is 30.3 Å². The molecule has 1 aromatic carbocycles. The van der Waals surface area contributed by atoms with E-state index in [2.05, 4.69) is 20.7 Å². The van der Waals surface area contributed by atoms with E-state index < -0.39 is 5.60 Å². The molecule has 114 valence electrons. The summed E-state index contributed by atoms with van der Waals surface area (Å²) in [7, 11) is 3.89. The number of aromatic amines is 1. The van der Waals surface area contributed by atoms with Gasteiger partial charge in [-0.2, -0.15) is 15.4 Å². The first-order valence-corrected chi connectivity index (χ1v) is 7.01. The Morgan fingerprint density at radius 1 is 1.24 bits per heavy atom. The fraction of sp³-hybridized carbons (Fsp3) is 0.467. The van der Waals surface area contributed by atoms with Crippen LogP contribution >= 0.6 is 0 Å². The van der Waals surface area contributed by atoms with Gasteiger partial charge in [-0.05, 0) is 21.0 Å². The van der Waals surface area contributed by atoms with Crippen molar-refractivity contribution in [3.63, 3.8) is 0 Å². The lowest BCUT2D eigenvalue weighted by atomic mass is 10.1. The monoisotopic (exact) mass is 289 g/mol. The number of rotatable bonds is 7. The summed E-state index contributed by atoms with van der Waals surface area (Å²) in [4.78, 5) is 1.97.